The van der Waals surface area contributed by atoms with Gasteiger partial charge in [-0.15, -0.1) is 0 Å². The Bertz CT molecular complexity index is 663. The van der Waals surface area contributed by atoms with Crippen molar-refractivity contribution in [1.29, 1.82) is 0 Å². The first-order valence-corrected chi connectivity index (χ1v) is 7.63. The third-order valence-electron chi connectivity index (χ3n) is 4.85. The second-order valence-corrected chi connectivity index (χ2v) is 6.55. The van der Waals surface area contributed by atoms with Crippen molar-refractivity contribution in [2.75, 3.05) is 0 Å². The molecular weight excluding hydrogens is 364 g/mol. The summed E-state index contributed by atoms with van der Waals surface area (Å²) < 4.78 is 106. The fraction of sp³-hybridized carbons (Fsp3) is 0.786. The van der Waals surface area contributed by atoms with Crippen LogP contribution in [0.1, 0.15) is 54.8 Å². The topological polar surface area (TPSA) is 38.1 Å². The number of fused-ring (bicyclic) bond motifs is 1. The summed E-state index contributed by atoms with van der Waals surface area (Å²) in [6.45, 7) is 0. The first-order valence-electron chi connectivity index (χ1n) is 7.63. The first kappa shape index (κ1) is 18.4. The lowest BCUT2D eigenvalue weighted by Crippen LogP contribution is -2.31. The zero-order valence-electron chi connectivity index (χ0n) is 12.6. The second kappa shape index (κ2) is 5.55. The Morgan fingerprint density at radius 3 is 2.28 bits per heavy atom. The zero-order chi connectivity index (χ0) is 18.8. The van der Waals surface area contributed by atoms with Crippen molar-refractivity contribution in [1.82, 2.24) is 9.78 Å². The van der Waals surface area contributed by atoms with Crippen molar-refractivity contribution in [3.05, 3.63) is 17.0 Å². The molecule has 1 aromatic heterocycles. The summed E-state index contributed by atoms with van der Waals surface area (Å²) in [4.78, 5) is 0. The maximum Gasteiger partial charge on any atom is 0.435 e. The van der Waals surface area contributed by atoms with E-state index in [9.17, 15) is 40.2 Å². The predicted molar refractivity (Wildman–Crippen MR) is 67.9 cm³/mol. The predicted octanol–water partition coefficient (Wildman–Crippen LogP) is 4.42. The number of halogens is 8. The highest BCUT2D eigenvalue weighted by molar-refractivity contribution is 5.38. The lowest BCUT2D eigenvalue weighted by Gasteiger charge is -2.31. The molecule has 3 nitrogen and oxygen atoms in total. The number of aromatic nitrogens is 2. The Hall–Kier alpha value is -1.39. The van der Waals surface area contributed by atoms with Crippen LogP contribution in [0.3, 0.4) is 0 Å². The number of hydrogen-bond acceptors (Lipinski definition) is 2. The highest BCUT2D eigenvalue weighted by atomic mass is 19.4. The fourth-order valence-corrected chi connectivity index (χ4v) is 3.67. The molecule has 25 heavy (non-hydrogen) atoms. The monoisotopic (exact) mass is 378 g/mol. The highest BCUT2D eigenvalue weighted by Gasteiger charge is 2.55. The maximum absolute atomic E-state index is 13.7. The van der Waals surface area contributed by atoms with Crippen molar-refractivity contribution < 1.29 is 40.2 Å². The van der Waals surface area contributed by atoms with Gasteiger partial charge in [0.25, 0.3) is 5.92 Å². The number of nitrogens with zero attached hydrogens (tertiary/aromatic N) is 2. The summed E-state index contributed by atoms with van der Waals surface area (Å²) in [5.74, 6) is -5.53. The van der Waals surface area contributed by atoms with Gasteiger partial charge in [-0.05, 0) is 19.3 Å². The standard InChI is InChI=1S/C14H14F8N2O/c15-12(16)5-8-9(11(12)25)10(14(20,21)22)23-24(8)7-3-1-2-6(4-7)13(17,18)19/h6-7,11,25H,1-5H2/t6-,7+,11-/m0/s1. The largest absolute Gasteiger partial charge is 0.435 e. The van der Waals surface area contributed by atoms with Crippen molar-refractivity contribution in [2.45, 2.75) is 62.5 Å². The van der Waals surface area contributed by atoms with Crippen LogP contribution in [0, 0.1) is 5.92 Å². The molecule has 11 heteroatoms. The Balaban J connectivity index is 2.03. The third-order valence-corrected chi connectivity index (χ3v) is 4.85. The van der Waals surface area contributed by atoms with Crippen LogP contribution in [0.15, 0.2) is 0 Å². The number of hydrogen-bond donors (Lipinski definition) is 1. The zero-order valence-corrected chi connectivity index (χ0v) is 12.6. The number of rotatable bonds is 1. The van der Waals surface area contributed by atoms with Crippen molar-refractivity contribution >= 4 is 0 Å². The molecule has 2 aliphatic rings. The van der Waals surface area contributed by atoms with Gasteiger partial charge in [0.05, 0.1) is 24.1 Å². The molecule has 0 aromatic carbocycles. The molecule has 0 unspecified atom stereocenters. The molecular formula is C14H14F8N2O. The van der Waals surface area contributed by atoms with Gasteiger partial charge in [0.1, 0.15) is 6.10 Å². The minimum atomic E-state index is -5.09. The Kier molecular flexibility index (Phi) is 4.09. The molecule has 3 atom stereocenters. The van der Waals surface area contributed by atoms with E-state index < -0.39 is 66.1 Å². The van der Waals surface area contributed by atoms with Crippen LogP contribution in [0.2, 0.25) is 0 Å². The maximum atomic E-state index is 13.7. The average molecular weight is 378 g/mol. The van der Waals surface area contributed by atoms with E-state index in [0.717, 1.165) is 0 Å². The molecule has 1 saturated carbocycles. The first-order chi connectivity index (χ1) is 11.3. The minimum Gasteiger partial charge on any atom is -0.382 e. The van der Waals surface area contributed by atoms with Gasteiger partial charge in [-0.3, -0.25) is 4.68 Å². The smallest absolute Gasteiger partial charge is 0.382 e. The summed E-state index contributed by atoms with van der Waals surface area (Å²) in [7, 11) is 0. The van der Waals surface area contributed by atoms with E-state index in [1.54, 1.807) is 0 Å². The van der Waals surface area contributed by atoms with Crippen LogP contribution in [0.4, 0.5) is 35.1 Å². The van der Waals surface area contributed by atoms with E-state index in [4.69, 9.17) is 0 Å². The molecule has 0 saturated heterocycles. The molecule has 1 fully saturated rings. The molecule has 3 rings (SSSR count). The van der Waals surface area contributed by atoms with Crippen molar-refractivity contribution in [3.8, 4) is 0 Å². The minimum absolute atomic E-state index is 0.101. The fourth-order valence-electron chi connectivity index (χ4n) is 3.67. The Labute approximate surface area is 136 Å². The summed E-state index contributed by atoms with van der Waals surface area (Å²) >= 11 is 0. The molecule has 2 aliphatic carbocycles. The molecule has 0 amide bonds. The van der Waals surface area contributed by atoms with E-state index in [-0.39, 0.29) is 19.3 Å². The van der Waals surface area contributed by atoms with E-state index in [1.165, 1.54) is 0 Å². The van der Waals surface area contributed by atoms with Gasteiger partial charge < -0.3 is 5.11 Å². The van der Waals surface area contributed by atoms with Gasteiger partial charge in [0.2, 0.25) is 0 Å². The highest BCUT2D eigenvalue weighted by Crippen LogP contribution is 2.50. The van der Waals surface area contributed by atoms with Crippen LogP contribution >= 0.6 is 0 Å². The second-order valence-electron chi connectivity index (χ2n) is 6.55. The summed E-state index contributed by atoms with van der Waals surface area (Å²) in [5, 5.41) is 12.9. The van der Waals surface area contributed by atoms with Crippen molar-refractivity contribution in [2.24, 2.45) is 5.92 Å². The quantitative estimate of drug-likeness (QED) is 0.735. The number of aliphatic hydroxyl groups is 1. The van der Waals surface area contributed by atoms with E-state index >= 15 is 0 Å². The molecule has 1 N–H and O–H groups in total. The molecule has 0 aliphatic heterocycles. The molecule has 1 aromatic rings. The number of alkyl halides is 8. The van der Waals surface area contributed by atoms with Gasteiger partial charge >= 0.3 is 12.4 Å². The van der Waals surface area contributed by atoms with Gasteiger partial charge in [0.15, 0.2) is 5.69 Å². The summed E-state index contributed by atoms with van der Waals surface area (Å²) in [5.41, 5.74) is -3.20. The van der Waals surface area contributed by atoms with Crippen LogP contribution in [-0.2, 0) is 12.6 Å². The normalized spacial score (nSPS) is 29.7. The molecule has 0 spiro atoms. The van der Waals surface area contributed by atoms with Gasteiger partial charge in [-0.1, -0.05) is 6.42 Å². The Morgan fingerprint density at radius 2 is 1.72 bits per heavy atom. The SMILES string of the molecule is O[C@H]1c2c(C(F)(F)F)nn([C@@H]3CCC[C@H](C(F)(F)F)C3)c2CC1(F)F. The summed E-state index contributed by atoms with van der Waals surface area (Å²) in [6.07, 6.45) is -13.9. The van der Waals surface area contributed by atoms with Gasteiger partial charge in [-0.25, -0.2) is 8.78 Å². The van der Waals surface area contributed by atoms with Gasteiger partial charge in [-0.2, -0.15) is 31.4 Å². The molecule has 0 radical (unpaired) electrons. The van der Waals surface area contributed by atoms with E-state index in [1.807, 2.05) is 0 Å². The lowest BCUT2D eigenvalue weighted by atomic mass is 9.85. The van der Waals surface area contributed by atoms with Crippen LogP contribution in [0.5, 0.6) is 0 Å². The number of aliphatic hydroxyl groups excluding tert-OH is 1. The molecule has 1 heterocycles. The van der Waals surface area contributed by atoms with Gasteiger partial charge in [0, 0.05) is 5.56 Å². The van der Waals surface area contributed by atoms with E-state index in [0.29, 0.717) is 4.68 Å². The molecule has 142 valence electrons. The molecule has 0 bridgehead atoms. The van der Waals surface area contributed by atoms with Crippen molar-refractivity contribution in [3.63, 3.8) is 0 Å². The van der Waals surface area contributed by atoms with Crippen LogP contribution < -0.4 is 0 Å². The third kappa shape index (κ3) is 3.11. The van der Waals surface area contributed by atoms with E-state index in [2.05, 4.69) is 5.10 Å². The van der Waals surface area contributed by atoms with Crippen LogP contribution in [0.25, 0.3) is 0 Å². The lowest BCUT2D eigenvalue weighted by molar-refractivity contribution is -0.185. The van der Waals surface area contributed by atoms with Crippen LogP contribution in [-0.4, -0.2) is 27.0 Å². The summed E-state index contributed by atoms with van der Waals surface area (Å²) in [6, 6.07) is -1.06. The average Bonchev–Trinajstić information content (AvgIpc) is 2.93. The Morgan fingerprint density at radius 1 is 1.08 bits per heavy atom.